The second-order valence-electron chi connectivity index (χ2n) is 2.71. The molecule has 0 saturated heterocycles. The van der Waals surface area contributed by atoms with Crippen LogP contribution in [0, 0.1) is 0 Å². The molecule has 0 rings (SSSR count). The number of nitrogens with two attached hydrogens (primary N) is 1. The number of methoxy groups -OCH3 is 1. The van der Waals surface area contributed by atoms with Crippen LogP contribution < -0.4 is 5.73 Å². The van der Waals surface area contributed by atoms with E-state index >= 15 is 0 Å². The first-order valence-electron chi connectivity index (χ1n) is 4.76. The summed E-state index contributed by atoms with van der Waals surface area (Å²) in [5, 5.41) is 0. The Bertz CT molecular complexity index is 83.7. The molecule has 4 heteroatoms. The molecular weight excluding hydrogens is 186 g/mol. The molecule has 0 heterocycles. The monoisotopic (exact) mass is 207 g/mol. The van der Waals surface area contributed by atoms with Gasteiger partial charge in [0, 0.05) is 13.7 Å². The number of rotatable bonds is 10. The highest BCUT2D eigenvalue weighted by atomic mass is 32.2. The average Bonchev–Trinajstić information content (AvgIpc) is 2.16. The second kappa shape index (κ2) is 12.2. The van der Waals surface area contributed by atoms with Gasteiger partial charge in [0.25, 0.3) is 0 Å². The third-order valence-corrected chi connectivity index (χ3v) is 2.66. The van der Waals surface area contributed by atoms with E-state index in [0.29, 0.717) is 13.2 Å². The zero-order valence-electron chi connectivity index (χ0n) is 8.46. The summed E-state index contributed by atoms with van der Waals surface area (Å²) in [4.78, 5) is 0. The summed E-state index contributed by atoms with van der Waals surface area (Å²) in [5.74, 6) is 2.35. The second-order valence-corrected chi connectivity index (χ2v) is 3.94. The van der Waals surface area contributed by atoms with Crippen molar-refractivity contribution >= 4 is 11.8 Å². The fourth-order valence-electron chi connectivity index (χ4n) is 0.795. The van der Waals surface area contributed by atoms with Crippen molar-refractivity contribution in [1.82, 2.24) is 0 Å². The lowest BCUT2D eigenvalue weighted by atomic mass is 10.5. The van der Waals surface area contributed by atoms with Crippen molar-refractivity contribution in [1.29, 1.82) is 0 Å². The van der Waals surface area contributed by atoms with E-state index in [1.165, 1.54) is 11.5 Å². The topological polar surface area (TPSA) is 44.5 Å². The Labute approximate surface area is 85.3 Å². The van der Waals surface area contributed by atoms with Crippen molar-refractivity contribution in [3.63, 3.8) is 0 Å². The summed E-state index contributed by atoms with van der Waals surface area (Å²) >= 11 is 1.95. The normalized spacial score (nSPS) is 10.6. The predicted octanol–water partition coefficient (Wildman–Crippen LogP) is 1.12. The predicted molar refractivity (Wildman–Crippen MR) is 58.3 cm³/mol. The number of ether oxygens (including phenoxy) is 2. The van der Waals surface area contributed by atoms with Crippen molar-refractivity contribution < 1.29 is 9.47 Å². The van der Waals surface area contributed by atoms with E-state index in [1.54, 1.807) is 7.11 Å². The van der Waals surface area contributed by atoms with Gasteiger partial charge < -0.3 is 15.2 Å². The van der Waals surface area contributed by atoms with Gasteiger partial charge in [-0.15, -0.1) is 0 Å². The van der Waals surface area contributed by atoms with Gasteiger partial charge in [-0.2, -0.15) is 11.8 Å². The highest BCUT2D eigenvalue weighted by Gasteiger charge is 1.90. The molecule has 0 aliphatic heterocycles. The van der Waals surface area contributed by atoms with Gasteiger partial charge in [-0.3, -0.25) is 0 Å². The molecule has 0 amide bonds. The van der Waals surface area contributed by atoms with Gasteiger partial charge in [-0.1, -0.05) is 0 Å². The molecule has 0 aromatic carbocycles. The zero-order chi connectivity index (χ0) is 9.78. The third kappa shape index (κ3) is 12.2. The lowest BCUT2D eigenvalue weighted by Crippen LogP contribution is -2.04. The molecule has 3 nitrogen and oxygen atoms in total. The highest BCUT2D eigenvalue weighted by molar-refractivity contribution is 7.99. The van der Waals surface area contributed by atoms with Crippen molar-refractivity contribution in [2.24, 2.45) is 5.73 Å². The maximum absolute atomic E-state index is 5.37. The summed E-state index contributed by atoms with van der Waals surface area (Å²) in [6.45, 7) is 3.06. The van der Waals surface area contributed by atoms with Crippen LogP contribution in [0.3, 0.4) is 0 Å². The van der Waals surface area contributed by atoms with E-state index < -0.39 is 0 Å². The fourth-order valence-corrected chi connectivity index (χ4v) is 1.69. The molecule has 0 saturated carbocycles. The van der Waals surface area contributed by atoms with Gasteiger partial charge in [0.15, 0.2) is 0 Å². The van der Waals surface area contributed by atoms with Crippen LogP contribution >= 0.6 is 11.8 Å². The first kappa shape index (κ1) is 13.2. The van der Waals surface area contributed by atoms with E-state index in [1.807, 2.05) is 11.8 Å². The van der Waals surface area contributed by atoms with Crippen LogP contribution in [-0.4, -0.2) is 45.0 Å². The highest BCUT2D eigenvalue weighted by Crippen LogP contribution is 2.03. The van der Waals surface area contributed by atoms with Gasteiger partial charge in [0.05, 0.1) is 13.2 Å². The minimum Gasteiger partial charge on any atom is -0.382 e. The van der Waals surface area contributed by atoms with Crippen LogP contribution in [-0.2, 0) is 9.47 Å². The molecule has 0 atom stereocenters. The molecule has 0 unspecified atom stereocenters. The van der Waals surface area contributed by atoms with Gasteiger partial charge in [-0.25, -0.2) is 0 Å². The van der Waals surface area contributed by atoms with Crippen LogP contribution in [0.4, 0.5) is 0 Å². The molecule has 2 N–H and O–H groups in total. The van der Waals surface area contributed by atoms with Gasteiger partial charge >= 0.3 is 0 Å². The Kier molecular flexibility index (Phi) is 12.4. The van der Waals surface area contributed by atoms with Gasteiger partial charge in [0.1, 0.15) is 0 Å². The Morgan fingerprint density at radius 3 is 2.54 bits per heavy atom. The van der Waals surface area contributed by atoms with E-state index in [-0.39, 0.29) is 0 Å². The Balaban J connectivity index is 2.76. The molecule has 0 aliphatic rings. The molecule has 80 valence electrons. The van der Waals surface area contributed by atoms with Gasteiger partial charge in [0.2, 0.25) is 0 Å². The molecule has 0 bridgehead atoms. The standard InChI is InChI=1S/C9H21NO2S/c1-11-6-7-12-5-3-9-13-8-2-4-10/h2-10H2,1H3. The smallest absolute Gasteiger partial charge is 0.0700 e. The molecule has 13 heavy (non-hydrogen) atoms. The molecule has 0 radical (unpaired) electrons. The van der Waals surface area contributed by atoms with Crippen molar-refractivity contribution in [2.75, 3.05) is 45.0 Å². The maximum Gasteiger partial charge on any atom is 0.0700 e. The van der Waals surface area contributed by atoms with Gasteiger partial charge in [-0.05, 0) is 30.9 Å². The molecule has 0 fully saturated rings. The van der Waals surface area contributed by atoms with Crippen LogP contribution in [0.25, 0.3) is 0 Å². The minimum atomic E-state index is 0.695. The first-order chi connectivity index (χ1) is 6.41. The largest absolute Gasteiger partial charge is 0.382 e. The van der Waals surface area contributed by atoms with E-state index in [0.717, 1.165) is 26.0 Å². The molecule has 0 aliphatic carbocycles. The summed E-state index contributed by atoms with van der Waals surface area (Å²) in [6.07, 6.45) is 2.24. The van der Waals surface area contributed by atoms with Crippen LogP contribution in [0.1, 0.15) is 12.8 Å². The molecule has 0 spiro atoms. The maximum atomic E-state index is 5.37. The zero-order valence-corrected chi connectivity index (χ0v) is 9.28. The quantitative estimate of drug-likeness (QED) is 0.545. The third-order valence-electron chi connectivity index (χ3n) is 1.50. The lowest BCUT2D eigenvalue weighted by molar-refractivity contribution is 0.0713. The van der Waals surface area contributed by atoms with E-state index in [4.69, 9.17) is 15.2 Å². The summed E-state index contributed by atoms with van der Waals surface area (Å²) in [7, 11) is 1.69. The SMILES string of the molecule is COCCOCCCSCCCN. The minimum absolute atomic E-state index is 0.695. The average molecular weight is 207 g/mol. The molecule has 0 aromatic rings. The molecule has 0 aromatic heterocycles. The van der Waals surface area contributed by atoms with E-state index in [2.05, 4.69) is 0 Å². The van der Waals surface area contributed by atoms with Crippen molar-refractivity contribution in [3.05, 3.63) is 0 Å². The van der Waals surface area contributed by atoms with Crippen molar-refractivity contribution in [3.8, 4) is 0 Å². The van der Waals surface area contributed by atoms with Crippen LogP contribution in [0.15, 0.2) is 0 Å². The lowest BCUT2D eigenvalue weighted by Gasteiger charge is -2.03. The number of thioether (sulfide) groups is 1. The van der Waals surface area contributed by atoms with Crippen LogP contribution in [0.5, 0.6) is 0 Å². The number of hydrogen-bond acceptors (Lipinski definition) is 4. The Morgan fingerprint density at radius 1 is 1.08 bits per heavy atom. The van der Waals surface area contributed by atoms with Crippen LogP contribution in [0.2, 0.25) is 0 Å². The molecular formula is C9H21NO2S. The number of hydrogen-bond donors (Lipinski definition) is 1. The summed E-state index contributed by atoms with van der Waals surface area (Å²) in [6, 6.07) is 0. The Hall–Kier alpha value is 0.230. The van der Waals surface area contributed by atoms with Crippen molar-refractivity contribution in [2.45, 2.75) is 12.8 Å². The fraction of sp³-hybridized carbons (Fsp3) is 1.00. The summed E-state index contributed by atoms with van der Waals surface area (Å²) < 4.78 is 10.2. The van der Waals surface area contributed by atoms with E-state index in [9.17, 15) is 0 Å². The Morgan fingerprint density at radius 2 is 1.85 bits per heavy atom. The summed E-state index contributed by atoms with van der Waals surface area (Å²) in [5.41, 5.74) is 5.37. The first-order valence-corrected chi connectivity index (χ1v) is 5.91.